The van der Waals surface area contributed by atoms with Crippen LogP contribution in [0.3, 0.4) is 0 Å². The number of carboxylic acids is 1. The Morgan fingerprint density at radius 2 is 1.89 bits per heavy atom. The lowest BCUT2D eigenvalue weighted by Crippen LogP contribution is -2.48. The maximum absolute atomic E-state index is 11.5. The molecule has 0 aliphatic rings. The molecule has 0 aliphatic carbocycles. The van der Waals surface area contributed by atoms with E-state index in [1.807, 2.05) is 5.32 Å². The Kier molecular flexibility index (Phi) is 6.32. The van der Waals surface area contributed by atoms with Crippen LogP contribution >= 0.6 is 0 Å². The van der Waals surface area contributed by atoms with Crippen LogP contribution in [0.5, 0.6) is 0 Å². The Labute approximate surface area is 106 Å². The lowest BCUT2D eigenvalue weighted by molar-refractivity contribution is -0.143. The first-order valence-electron chi connectivity index (χ1n) is 5.62. The SMILES string of the molecule is CC(C)(C)OC(=O)N[C@H](C(=O)O)C(=O)CCCN. The van der Waals surface area contributed by atoms with Crippen molar-refractivity contribution in [3.63, 3.8) is 0 Å². The zero-order valence-electron chi connectivity index (χ0n) is 10.9. The largest absolute Gasteiger partial charge is 0.479 e. The van der Waals surface area contributed by atoms with Gasteiger partial charge in [0, 0.05) is 6.42 Å². The van der Waals surface area contributed by atoms with E-state index in [2.05, 4.69) is 0 Å². The van der Waals surface area contributed by atoms with Crippen molar-refractivity contribution in [2.75, 3.05) is 6.54 Å². The van der Waals surface area contributed by atoms with Crippen molar-refractivity contribution in [3.05, 3.63) is 0 Å². The molecule has 0 bridgehead atoms. The van der Waals surface area contributed by atoms with Crippen molar-refractivity contribution in [3.8, 4) is 0 Å². The van der Waals surface area contributed by atoms with Crippen molar-refractivity contribution in [2.24, 2.45) is 5.73 Å². The minimum Gasteiger partial charge on any atom is -0.479 e. The molecule has 0 heterocycles. The number of carbonyl (C=O) groups is 3. The highest BCUT2D eigenvalue weighted by atomic mass is 16.6. The van der Waals surface area contributed by atoms with E-state index < -0.39 is 29.5 Å². The van der Waals surface area contributed by atoms with Gasteiger partial charge in [-0.15, -0.1) is 0 Å². The van der Waals surface area contributed by atoms with Crippen molar-refractivity contribution >= 4 is 17.8 Å². The summed E-state index contributed by atoms with van der Waals surface area (Å²) in [4.78, 5) is 33.8. The molecular weight excluding hydrogens is 240 g/mol. The molecule has 0 saturated heterocycles. The van der Waals surface area contributed by atoms with Gasteiger partial charge in [0.2, 0.25) is 0 Å². The van der Waals surface area contributed by atoms with Gasteiger partial charge < -0.3 is 20.9 Å². The number of nitrogens with two attached hydrogens (primary N) is 1. The Balaban J connectivity index is 4.50. The molecule has 7 nitrogen and oxygen atoms in total. The first-order valence-corrected chi connectivity index (χ1v) is 5.62. The van der Waals surface area contributed by atoms with Crippen LogP contribution in [0.1, 0.15) is 33.6 Å². The number of hydrogen-bond donors (Lipinski definition) is 3. The van der Waals surface area contributed by atoms with E-state index in [-0.39, 0.29) is 13.0 Å². The average molecular weight is 260 g/mol. The zero-order valence-corrected chi connectivity index (χ0v) is 10.9. The van der Waals surface area contributed by atoms with Crippen molar-refractivity contribution in [1.82, 2.24) is 5.32 Å². The van der Waals surface area contributed by atoms with E-state index in [0.717, 1.165) is 0 Å². The number of amides is 1. The summed E-state index contributed by atoms with van der Waals surface area (Å²) in [6.45, 7) is 5.19. The summed E-state index contributed by atoms with van der Waals surface area (Å²) in [6, 6.07) is -1.59. The number of rotatable bonds is 6. The number of aliphatic carboxylic acids is 1. The molecule has 0 aromatic carbocycles. The monoisotopic (exact) mass is 260 g/mol. The van der Waals surface area contributed by atoms with E-state index in [9.17, 15) is 14.4 Å². The summed E-state index contributed by atoms with van der Waals surface area (Å²) >= 11 is 0. The maximum atomic E-state index is 11.5. The number of hydrogen-bond acceptors (Lipinski definition) is 5. The number of alkyl carbamates (subject to hydrolysis) is 1. The Morgan fingerprint density at radius 1 is 1.33 bits per heavy atom. The summed E-state index contributed by atoms with van der Waals surface area (Å²) in [5.74, 6) is -2.01. The molecular formula is C11H20N2O5. The van der Waals surface area contributed by atoms with Crippen LogP contribution in [0.15, 0.2) is 0 Å². The predicted molar refractivity (Wildman–Crippen MR) is 64.1 cm³/mol. The minimum atomic E-state index is -1.59. The molecule has 1 amide bonds. The number of ketones is 1. The van der Waals surface area contributed by atoms with E-state index >= 15 is 0 Å². The predicted octanol–water partition coefficient (Wildman–Crippen LogP) is 0.272. The van der Waals surface area contributed by atoms with Gasteiger partial charge in [-0.2, -0.15) is 0 Å². The molecule has 4 N–H and O–H groups in total. The number of carboxylic acid groups (broad SMARTS) is 1. The highest BCUT2D eigenvalue weighted by Gasteiger charge is 2.29. The normalized spacial score (nSPS) is 12.7. The summed E-state index contributed by atoms with van der Waals surface area (Å²) in [5, 5.41) is 10.9. The van der Waals surface area contributed by atoms with Gasteiger partial charge in [0.05, 0.1) is 0 Å². The van der Waals surface area contributed by atoms with Gasteiger partial charge in [-0.3, -0.25) is 4.79 Å². The van der Waals surface area contributed by atoms with Crippen LogP contribution in [0.2, 0.25) is 0 Å². The second-order valence-electron chi connectivity index (χ2n) is 4.78. The van der Waals surface area contributed by atoms with E-state index in [0.29, 0.717) is 6.42 Å². The third-order valence-electron chi connectivity index (χ3n) is 1.86. The summed E-state index contributed by atoms with van der Waals surface area (Å²) < 4.78 is 4.88. The van der Waals surface area contributed by atoms with Crippen LogP contribution in [-0.2, 0) is 14.3 Å². The molecule has 18 heavy (non-hydrogen) atoms. The molecule has 1 atom stereocenters. The molecule has 7 heteroatoms. The molecule has 0 aromatic heterocycles. The fourth-order valence-electron chi connectivity index (χ4n) is 1.13. The first-order chi connectivity index (χ1) is 8.17. The van der Waals surface area contributed by atoms with Crippen LogP contribution < -0.4 is 11.1 Å². The van der Waals surface area contributed by atoms with Gasteiger partial charge in [-0.1, -0.05) is 0 Å². The quantitative estimate of drug-likeness (QED) is 0.590. The van der Waals surface area contributed by atoms with Gasteiger partial charge in [0.25, 0.3) is 0 Å². The first kappa shape index (κ1) is 16.4. The summed E-state index contributed by atoms with van der Waals surface area (Å²) in [7, 11) is 0. The molecule has 0 aromatic rings. The Morgan fingerprint density at radius 3 is 2.28 bits per heavy atom. The summed E-state index contributed by atoms with van der Waals surface area (Å²) in [6.07, 6.45) is -0.557. The number of nitrogens with one attached hydrogen (secondary N) is 1. The highest BCUT2D eigenvalue weighted by Crippen LogP contribution is 2.07. The van der Waals surface area contributed by atoms with Gasteiger partial charge >= 0.3 is 12.1 Å². The van der Waals surface area contributed by atoms with E-state index in [1.165, 1.54) is 0 Å². The average Bonchev–Trinajstić information content (AvgIpc) is 2.19. The van der Waals surface area contributed by atoms with Crippen molar-refractivity contribution in [2.45, 2.75) is 45.3 Å². The van der Waals surface area contributed by atoms with Crippen LogP contribution in [0.25, 0.3) is 0 Å². The molecule has 0 aliphatic heterocycles. The van der Waals surface area contributed by atoms with E-state index in [4.69, 9.17) is 15.6 Å². The van der Waals surface area contributed by atoms with Gasteiger partial charge in [0.15, 0.2) is 11.8 Å². The van der Waals surface area contributed by atoms with Crippen LogP contribution in [-0.4, -0.2) is 41.1 Å². The maximum Gasteiger partial charge on any atom is 0.408 e. The number of ether oxygens (including phenoxy) is 1. The zero-order chi connectivity index (χ0) is 14.3. The number of Topliss-reactive ketones (excluding diaryl/α,β-unsaturated/α-hetero) is 1. The van der Waals surface area contributed by atoms with Crippen molar-refractivity contribution < 1.29 is 24.2 Å². The Hall–Kier alpha value is -1.63. The molecule has 0 fully saturated rings. The molecule has 0 radical (unpaired) electrons. The van der Waals surface area contributed by atoms with Gasteiger partial charge in [-0.25, -0.2) is 9.59 Å². The highest BCUT2D eigenvalue weighted by molar-refractivity contribution is 6.04. The summed E-state index contributed by atoms with van der Waals surface area (Å²) in [5.41, 5.74) is 4.47. The van der Waals surface area contributed by atoms with Crippen molar-refractivity contribution in [1.29, 1.82) is 0 Å². The lowest BCUT2D eigenvalue weighted by Gasteiger charge is -2.21. The molecule has 0 spiro atoms. The Bertz CT molecular complexity index is 322. The standard InChI is InChI=1S/C11H20N2O5/c1-11(2,3)18-10(17)13-8(9(15)16)7(14)5-4-6-12/h8H,4-6,12H2,1-3H3,(H,13,17)(H,15,16)/t8-/m0/s1. The fourth-order valence-corrected chi connectivity index (χ4v) is 1.13. The topological polar surface area (TPSA) is 119 Å². The number of carbonyl (C=O) groups excluding carboxylic acids is 2. The second-order valence-corrected chi connectivity index (χ2v) is 4.78. The van der Waals surface area contributed by atoms with Gasteiger partial charge in [0.1, 0.15) is 5.60 Å². The smallest absolute Gasteiger partial charge is 0.408 e. The minimum absolute atomic E-state index is 0.00324. The van der Waals surface area contributed by atoms with Crippen LogP contribution in [0.4, 0.5) is 4.79 Å². The van der Waals surface area contributed by atoms with Gasteiger partial charge in [-0.05, 0) is 33.7 Å². The fraction of sp³-hybridized carbons (Fsp3) is 0.727. The molecule has 0 saturated carbocycles. The molecule has 0 unspecified atom stereocenters. The lowest BCUT2D eigenvalue weighted by atomic mass is 10.1. The third-order valence-corrected chi connectivity index (χ3v) is 1.86. The van der Waals surface area contributed by atoms with E-state index in [1.54, 1.807) is 20.8 Å². The molecule has 104 valence electrons. The van der Waals surface area contributed by atoms with Crippen LogP contribution in [0, 0.1) is 0 Å². The molecule has 0 rings (SSSR count). The third kappa shape index (κ3) is 6.85. The second kappa shape index (κ2) is 6.95.